The quantitative estimate of drug-likeness (QED) is 0.288. The van der Waals surface area contributed by atoms with Crippen molar-refractivity contribution in [2.24, 2.45) is 0 Å². The topological polar surface area (TPSA) is 98.5 Å². The van der Waals surface area contributed by atoms with E-state index in [0.29, 0.717) is 11.1 Å². The van der Waals surface area contributed by atoms with E-state index in [4.69, 9.17) is 4.74 Å². The average molecular weight is 414 g/mol. The zero-order valence-electron chi connectivity index (χ0n) is 16.4. The highest BCUT2D eigenvalue weighted by Gasteiger charge is 2.25. The third-order valence-electron chi connectivity index (χ3n) is 4.26. The van der Waals surface area contributed by atoms with Crippen molar-refractivity contribution in [1.29, 1.82) is 0 Å². The molecule has 0 heterocycles. The Morgan fingerprint density at radius 1 is 0.935 bits per heavy atom. The van der Waals surface area contributed by atoms with E-state index >= 15 is 0 Å². The minimum absolute atomic E-state index is 0.137. The Hall–Kier alpha value is -4.44. The number of carbonyl (C=O) groups excluding carboxylic acids is 2. The molecule has 7 heteroatoms. The molecule has 154 valence electrons. The monoisotopic (exact) mass is 414 g/mol. The van der Waals surface area contributed by atoms with Crippen LogP contribution in [0.1, 0.15) is 22.8 Å². The number of hydrogen-bond acceptors (Lipinski definition) is 5. The van der Waals surface area contributed by atoms with E-state index < -0.39 is 22.9 Å². The number of hydrogen-bond donors (Lipinski definition) is 1. The van der Waals surface area contributed by atoms with Crippen LogP contribution in [0.2, 0.25) is 0 Å². The molecule has 1 atom stereocenters. The highest BCUT2D eigenvalue weighted by Crippen LogP contribution is 2.21. The van der Waals surface area contributed by atoms with Crippen molar-refractivity contribution in [2.45, 2.75) is 12.6 Å². The Bertz CT molecular complexity index is 1120. The summed E-state index contributed by atoms with van der Waals surface area (Å²) >= 11 is 0. The van der Waals surface area contributed by atoms with Crippen LogP contribution >= 0.6 is 0 Å². The number of benzene rings is 3. The minimum Gasteiger partial charge on any atom is -0.438 e. The first-order valence-electron chi connectivity index (χ1n) is 9.36. The summed E-state index contributed by atoms with van der Waals surface area (Å²) in [6.07, 6.45) is -1.30. The molecule has 0 fully saturated rings. The van der Waals surface area contributed by atoms with Gasteiger partial charge in [0.25, 0.3) is 11.6 Å². The minimum atomic E-state index is -1.30. The summed E-state index contributed by atoms with van der Waals surface area (Å²) in [5.74, 6) is 3.59. The Morgan fingerprint density at radius 2 is 1.55 bits per heavy atom. The van der Waals surface area contributed by atoms with Crippen molar-refractivity contribution < 1.29 is 19.2 Å². The van der Waals surface area contributed by atoms with Gasteiger partial charge < -0.3 is 10.1 Å². The molecule has 0 bridgehead atoms. The molecule has 1 unspecified atom stereocenters. The van der Waals surface area contributed by atoms with Gasteiger partial charge in [-0.2, -0.15) is 0 Å². The van der Waals surface area contributed by atoms with Crippen LogP contribution in [0.5, 0.6) is 0 Å². The molecule has 3 rings (SSSR count). The molecular weight excluding hydrogens is 396 g/mol. The van der Waals surface area contributed by atoms with Gasteiger partial charge in [-0.05, 0) is 29.8 Å². The lowest BCUT2D eigenvalue weighted by Gasteiger charge is -2.16. The molecule has 0 radical (unpaired) electrons. The maximum Gasteiger partial charge on any atom is 0.385 e. The van der Waals surface area contributed by atoms with Crippen LogP contribution in [-0.2, 0) is 20.9 Å². The molecule has 0 saturated heterocycles. The van der Waals surface area contributed by atoms with Crippen LogP contribution in [0.4, 0.5) is 5.69 Å². The molecular formula is C24H18N2O5. The lowest BCUT2D eigenvalue weighted by Crippen LogP contribution is -2.31. The molecule has 3 aromatic rings. The Kier molecular flexibility index (Phi) is 7.12. The number of nitro groups is 1. The van der Waals surface area contributed by atoms with Crippen LogP contribution in [-0.4, -0.2) is 16.8 Å². The summed E-state index contributed by atoms with van der Waals surface area (Å²) in [5, 5.41) is 13.6. The summed E-state index contributed by atoms with van der Waals surface area (Å²) in [4.78, 5) is 35.4. The third kappa shape index (κ3) is 6.27. The fourth-order valence-electron chi connectivity index (χ4n) is 2.70. The number of carbonyl (C=O) groups is 2. The second kappa shape index (κ2) is 10.4. The predicted octanol–water partition coefficient (Wildman–Crippen LogP) is 3.55. The van der Waals surface area contributed by atoms with Gasteiger partial charge in [0.05, 0.1) is 4.92 Å². The molecule has 0 aliphatic carbocycles. The highest BCUT2D eigenvalue weighted by molar-refractivity contribution is 5.92. The van der Waals surface area contributed by atoms with Gasteiger partial charge in [-0.15, -0.1) is 0 Å². The van der Waals surface area contributed by atoms with Crippen LogP contribution in [0.3, 0.4) is 0 Å². The molecule has 1 N–H and O–H groups in total. The number of rotatable bonds is 6. The first-order valence-corrected chi connectivity index (χ1v) is 9.36. The first-order chi connectivity index (χ1) is 15.0. The van der Waals surface area contributed by atoms with Gasteiger partial charge in [-0.25, -0.2) is 4.79 Å². The van der Waals surface area contributed by atoms with E-state index in [1.54, 1.807) is 24.3 Å². The van der Waals surface area contributed by atoms with Gasteiger partial charge in [-0.1, -0.05) is 54.5 Å². The lowest BCUT2D eigenvalue weighted by atomic mass is 10.1. The molecule has 0 saturated carbocycles. The third-order valence-corrected chi connectivity index (χ3v) is 4.26. The highest BCUT2D eigenvalue weighted by atomic mass is 16.6. The summed E-state index contributed by atoms with van der Waals surface area (Å²) in [6.45, 7) is 0.233. The van der Waals surface area contributed by atoms with E-state index in [9.17, 15) is 19.7 Å². The zero-order chi connectivity index (χ0) is 22.1. The van der Waals surface area contributed by atoms with Crippen molar-refractivity contribution in [3.05, 3.63) is 112 Å². The number of esters is 1. The smallest absolute Gasteiger partial charge is 0.385 e. The van der Waals surface area contributed by atoms with Crippen LogP contribution in [0, 0.1) is 22.0 Å². The number of non-ortho nitro benzene ring substituents is 1. The SMILES string of the molecule is O=C(C#Cc1ccccc1)OC(C(=O)NCc1ccccc1)c1ccc([N+](=O)[O-])cc1. The molecule has 0 aromatic heterocycles. The van der Waals surface area contributed by atoms with Crippen LogP contribution in [0.25, 0.3) is 0 Å². The van der Waals surface area contributed by atoms with E-state index in [-0.39, 0.29) is 12.2 Å². The first kappa shape index (κ1) is 21.3. The predicted molar refractivity (Wildman–Crippen MR) is 114 cm³/mol. The summed E-state index contributed by atoms with van der Waals surface area (Å²) in [6, 6.07) is 23.3. The molecule has 0 spiro atoms. The maximum atomic E-state index is 12.8. The number of ether oxygens (including phenoxy) is 1. The van der Waals surface area contributed by atoms with E-state index in [1.165, 1.54) is 24.3 Å². The summed E-state index contributed by atoms with van der Waals surface area (Å²) in [5.41, 5.74) is 1.65. The van der Waals surface area contributed by atoms with Gasteiger partial charge in [0.1, 0.15) is 0 Å². The largest absolute Gasteiger partial charge is 0.438 e. The van der Waals surface area contributed by atoms with Gasteiger partial charge in [0, 0.05) is 35.7 Å². The normalized spacial score (nSPS) is 10.8. The molecule has 0 aliphatic rings. The van der Waals surface area contributed by atoms with Gasteiger partial charge in [0.15, 0.2) is 0 Å². The zero-order valence-corrected chi connectivity index (χ0v) is 16.4. The number of nitro benzene ring substituents is 1. The molecule has 3 aromatic carbocycles. The number of nitrogens with one attached hydrogen (secondary N) is 1. The number of amides is 1. The molecule has 1 amide bonds. The molecule has 31 heavy (non-hydrogen) atoms. The van der Waals surface area contributed by atoms with Gasteiger partial charge in [-0.3, -0.25) is 14.9 Å². The van der Waals surface area contributed by atoms with Gasteiger partial charge in [0.2, 0.25) is 6.10 Å². The summed E-state index contributed by atoms with van der Waals surface area (Å²) in [7, 11) is 0. The van der Waals surface area contributed by atoms with Crippen molar-refractivity contribution in [3.8, 4) is 11.8 Å². The van der Waals surface area contributed by atoms with E-state index in [0.717, 1.165) is 5.56 Å². The second-order valence-corrected chi connectivity index (χ2v) is 6.45. The Balaban J connectivity index is 1.77. The lowest BCUT2D eigenvalue weighted by molar-refractivity contribution is -0.384. The summed E-state index contributed by atoms with van der Waals surface area (Å²) < 4.78 is 5.31. The van der Waals surface area contributed by atoms with Crippen molar-refractivity contribution in [1.82, 2.24) is 5.32 Å². The standard InChI is InChI=1S/C24H18N2O5/c27-22(16-11-18-7-3-1-4-8-18)31-23(20-12-14-21(15-13-20)26(29)30)24(28)25-17-19-9-5-2-6-10-19/h1-10,12-15,23H,17H2,(H,25,28). The second-order valence-electron chi connectivity index (χ2n) is 6.45. The molecule has 7 nitrogen and oxygen atoms in total. The van der Waals surface area contributed by atoms with Crippen molar-refractivity contribution >= 4 is 17.6 Å². The maximum absolute atomic E-state index is 12.8. The van der Waals surface area contributed by atoms with Crippen LogP contribution < -0.4 is 5.32 Å². The average Bonchev–Trinajstić information content (AvgIpc) is 2.81. The van der Waals surface area contributed by atoms with E-state index in [2.05, 4.69) is 17.2 Å². The van der Waals surface area contributed by atoms with Crippen molar-refractivity contribution in [3.63, 3.8) is 0 Å². The molecule has 0 aliphatic heterocycles. The van der Waals surface area contributed by atoms with Crippen molar-refractivity contribution in [2.75, 3.05) is 0 Å². The van der Waals surface area contributed by atoms with Crippen LogP contribution in [0.15, 0.2) is 84.9 Å². The number of nitrogens with zero attached hydrogens (tertiary/aromatic N) is 1. The Labute approximate surface area is 178 Å². The Morgan fingerprint density at radius 3 is 2.16 bits per heavy atom. The van der Waals surface area contributed by atoms with E-state index in [1.807, 2.05) is 36.4 Å². The fourth-order valence-corrected chi connectivity index (χ4v) is 2.70. The van der Waals surface area contributed by atoms with Gasteiger partial charge >= 0.3 is 5.97 Å². The fraction of sp³-hybridized carbons (Fsp3) is 0.0833.